The summed E-state index contributed by atoms with van der Waals surface area (Å²) in [7, 11) is -1.17. The fourth-order valence-corrected chi connectivity index (χ4v) is 7.63. The highest BCUT2D eigenvalue weighted by Crippen LogP contribution is 2.43. The van der Waals surface area contributed by atoms with Gasteiger partial charge in [0.25, 0.3) is 0 Å². The summed E-state index contributed by atoms with van der Waals surface area (Å²) in [4.78, 5) is 12.9. The summed E-state index contributed by atoms with van der Waals surface area (Å²) in [5.41, 5.74) is 5.16. The van der Waals surface area contributed by atoms with Gasteiger partial charge in [-0.2, -0.15) is 4.98 Å². The van der Waals surface area contributed by atoms with Gasteiger partial charge in [-0.3, -0.25) is 4.21 Å². The lowest BCUT2D eigenvalue weighted by Gasteiger charge is -2.42. The van der Waals surface area contributed by atoms with Crippen LogP contribution in [0.3, 0.4) is 0 Å². The molecule has 1 unspecified atom stereocenters. The Balaban J connectivity index is 1.25. The minimum absolute atomic E-state index is 0.0727. The Hall–Kier alpha value is -1.99. The molecule has 0 spiro atoms. The average Bonchev–Trinajstić information content (AvgIpc) is 3.37. The van der Waals surface area contributed by atoms with E-state index in [1.165, 1.54) is 24.8 Å². The second-order valence-corrected chi connectivity index (χ2v) is 13.5. The van der Waals surface area contributed by atoms with Gasteiger partial charge in [0.15, 0.2) is 0 Å². The Morgan fingerprint density at radius 1 is 1.12 bits per heavy atom. The summed E-state index contributed by atoms with van der Waals surface area (Å²) in [6.45, 7) is 6.02. The molecule has 1 saturated heterocycles. The number of nitrogens with zero attached hydrogens (tertiary/aromatic N) is 3. The van der Waals surface area contributed by atoms with E-state index >= 15 is 0 Å². The van der Waals surface area contributed by atoms with Gasteiger partial charge < -0.3 is 15.3 Å². The van der Waals surface area contributed by atoms with Crippen molar-refractivity contribution in [3.05, 3.63) is 40.6 Å². The quantitative estimate of drug-likeness (QED) is 0.670. The first-order chi connectivity index (χ1) is 16.4. The van der Waals surface area contributed by atoms with Crippen LogP contribution in [-0.4, -0.2) is 49.3 Å². The third kappa shape index (κ3) is 3.76. The highest BCUT2D eigenvalue weighted by molar-refractivity contribution is 7.87. The van der Waals surface area contributed by atoms with Gasteiger partial charge in [-0.15, -0.1) is 0 Å². The number of aromatic nitrogens is 2. The molecule has 1 atom stereocenters. The maximum atomic E-state index is 13.3. The van der Waals surface area contributed by atoms with E-state index < -0.39 is 10.8 Å². The topological polar surface area (TPSA) is 78.3 Å². The van der Waals surface area contributed by atoms with Crippen LogP contribution in [0.2, 0.25) is 0 Å². The van der Waals surface area contributed by atoms with E-state index in [-0.39, 0.29) is 16.9 Å². The predicted molar refractivity (Wildman–Crippen MR) is 136 cm³/mol. The van der Waals surface area contributed by atoms with E-state index in [9.17, 15) is 9.32 Å². The largest absolute Gasteiger partial charge is 0.394 e. The monoisotopic (exact) mass is 480 g/mol. The van der Waals surface area contributed by atoms with Crippen LogP contribution in [0, 0.1) is 0 Å². The summed E-state index contributed by atoms with van der Waals surface area (Å²) in [6, 6.07) is 7.16. The Bertz CT molecular complexity index is 1130. The molecule has 34 heavy (non-hydrogen) atoms. The molecule has 3 heterocycles. The summed E-state index contributed by atoms with van der Waals surface area (Å²) >= 11 is 0. The standard InChI is InChI=1S/C27H36N4O2S/c1-26(2)16-22-23(34(26)33)24(30-27(17-32)11-4-12-27)29-25(28-22)31-13-9-19(10-14-31)21-8-7-18-5-3-6-20(18)15-21/h7-8,15,19,32H,3-6,9-14,16-17H2,1-2H3,(H,28,29,30). The number of anilines is 2. The smallest absolute Gasteiger partial charge is 0.227 e. The highest BCUT2D eigenvalue weighted by Gasteiger charge is 2.44. The summed E-state index contributed by atoms with van der Waals surface area (Å²) in [6.07, 6.45) is 9.57. The van der Waals surface area contributed by atoms with E-state index in [0.29, 0.717) is 18.2 Å². The van der Waals surface area contributed by atoms with E-state index in [1.54, 1.807) is 11.1 Å². The van der Waals surface area contributed by atoms with Crippen molar-refractivity contribution in [3.8, 4) is 0 Å². The number of rotatable bonds is 5. The molecule has 4 aliphatic rings. The van der Waals surface area contributed by atoms with Crippen LogP contribution < -0.4 is 10.2 Å². The average molecular weight is 481 g/mol. The molecule has 0 bridgehead atoms. The Labute approximate surface area is 205 Å². The molecule has 0 amide bonds. The zero-order valence-electron chi connectivity index (χ0n) is 20.4. The maximum Gasteiger partial charge on any atom is 0.227 e. The van der Waals surface area contributed by atoms with Crippen LogP contribution >= 0.6 is 0 Å². The molecule has 2 fully saturated rings. The fourth-order valence-electron chi connectivity index (χ4n) is 6.21. The number of aryl methyl sites for hydroxylation is 2. The number of fused-ring (bicyclic) bond motifs is 2. The van der Waals surface area contributed by atoms with Crippen molar-refractivity contribution in [3.63, 3.8) is 0 Å². The second-order valence-electron chi connectivity index (χ2n) is 11.4. The molecule has 7 heteroatoms. The number of hydrogen-bond donors (Lipinski definition) is 2. The van der Waals surface area contributed by atoms with Crippen molar-refractivity contribution in [1.29, 1.82) is 0 Å². The highest BCUT2D eigenvalue weighted by atomic mass is 32.2. The molecule has 2 aliphatic heterocycles. The number of aliphatic hydroxyl groups excluding tert-OH is 1. The van der Waals surface area contributed by atoms with Gasteiger partial charge in [0.05, 0.1) is 33.4 Å². The van der Waals surface area contributed by atoms with Gasteiger partial charge in [-0.25, -0.2) is 4.98 Å². The van der Waals surface area contributed by atoms with Crippen molar-refractivity contribution in [1.82, 2.24) is 9.97 Å². The van der Waals surface area contributed by atoms with Gasteiger partial charge in [-0.1, -0.05) is 18.2 Å². The normalized spacial score (nSPS) is 25.0. The number of hydrogen-bond acceptors (Lipinski definition) is 6. The van der Waals surface area contributed by atoms with Crippen molar-refractivity contribution < 1.29 is 9.32 Å². The van der Waals surface area contributed by atoms with E-state index in [4.69, 9.17) is 9.97 Å². The molecule has 1 aromatic heterocycles. The first-order valence-electron chi connectivity index (χ1n) is 13.0. The van der Waals surface area contributed by atoms with Crippen LogP contribution in [0.25, 0.3) is 0 Å². The number of aliphatic hydroxyl groups is 1. The van der Waals surface area contributed by atoms with E-state index in [2.05, 4.69) is 28.4 Å². The zero-order chi connectivity index (χ0) is 23.5. The summed E-state index contributed by atoms with van der Waals surface area (Å²) in [5, 5.41) is 13.6. The van der Waals surface area contributed by atoms with Crippen LogP contribution in [-0.2, 0) is 30.1 Å². The minimum Gasteiger partial charge on any atom is -0.394 e. The molecule has 2 aliphatic carbocycles. The summed E-state index contributed by atoms with van der Waals surface area (Å²) < 4.78 is 13.0. The fraction of sp³-hybridized carbons (Fsp3) is 0.630. The van der Waals surface area contributed by atoms with Gasteiger partial charge in [0.1, 0.15) is 10.7 Å². The first kappa shape index (κ1) is 22.5. The van der Waals surface area contributed by atoms with E-state index in [1.807, 2.05) is 13.8 Å². The van der Waals surface area contributed by atoms with E-state index in [0.717, 1.165) is 61.7 Å². The SMILES string of the molecule is CC1(C)Cc2nc(N3CCC(c4ccc5c(c4)CCC5)CC3)nc(NC3(CO)CCC3)c2S1=O. The molecule has 2 N–H and O–H groups in total. The zero-order valence-corrected chi connectivity index (χ0v) is 21.2. The lowest BCUT2D eigenvalue weighted by Crippen LogP contribution is -2.49. The third-order valence-electron chi connectivity index (χ3n) is 8.57. The van der Waals surface area contributed by atoms with Crippen molar-refractivity contribution in [2.24, 2.45) is 0 Å². The molecular weight excluding hydrogens is 444 g/mol. The second kappa shape index (κ2) is 8.30. The Morgan fingerprint density at radius 3 is 2.59 bits per heavy atom. The molecule has 2 aromatic rings. The van der Waals surface area contributed by atoms with Crippen LogP contribution in [0.15, 0.2) is 23.1 Å². The molecule has 6 rings (SSSR count). The molecule has 0 radical (unpaired) electrons. The molecule has 1 saturated carbocycles. The van der Waals surface area contributed by atoms with Crippen molar-refractivity contribution >= 4 is 22.6 Å². The van der Waals surface area contributed by atoms with Crippen LogP contribution in [0.4, 0.5) is 11.8 Å². The van der Waals surface area contributed by atoms with Crippen LogP contribution in [0.1, 0.15) is 80.7 Å². The summed E-state index contributed by atoms with van der Waals surface area (Å²) in [5.74, 6) is 2.02. The Kier molecular flexibility index (Phi) is 5.49. The number of piperidine rings is 1. The predicted octanol–water partition coefficient (Wildman–Crippen LogP) is 4.12. The first-order valence-corrected chi connectivity index (χ1v) is 14.1. The van der Waals surface area contributed by atoms with Gasteiger partial charge in [0, 0.05) is 19.5 Å². The van der Waals surface area contributed by atoms with Gasteiger partial charge in [0.2, 0.25) is 5.95 Å². The molecule has 6 nitrogen and oxygen atoms in total. The lowest BCUT2D eigenvalue weighted by atomic mass is 9.77. The third-order valence-corrected chi connectivity index (χ3v) is 10.5. The minimum atomic E-state index is -1.17. The number of benzene rings is 1. The van der Waals surface area contributed by atoms with Crippen LogP contribution in [0.5, 0.6) is 0 Å². The van der Waals surface area contributed by atoms with Gasteiger partial charge in [-0.05, 0) is 87.8 Å². The Morgan fingerprint density at radius 2 is 1.88 bits per heavy atom. The maximum absolute atomic E-state index is 13.3. The van der Waals surface area contributed by atoms with Gasteiger partial charge >= 0.3 is 0 Å². The van der Waals surface area contributed by atoms with Crippen molar-refractivity contribution in [2.75, 3.05) is 29.9 Å². The molecule has 182 valence electrons. The molecular formula is C27H36N4O2S. The molecule has 1 aromatic carbocycles. The van der Waals surface area contributed by atoms with Crippen molar-refractivity contribution in [2.45, 2.75) is 92.7 Å². The number of nitrogens with one attached hydrogen (secondary N) is 1. The lowest BCUT2D eigenvalue weighted by molar-refractivity contribution is 0.143.